The quantitative estimate of drug-likeness (QED) is 0.617. The molecule has 0 radical (unpaired) electrons. The summed E-state index contributed by atoms with van der Waals surface area (Å²) in [6.45, 7) is 0.354. The molecule has 0 heterocycles. The summed E-state index contributed by atoms with van der Waals surface area (Å²) in [6.07, 6.45) is -0.609. The summed E-state index contributed by atoms with van der Waals surface area (Å²) in [7, 11) is 0. The molecule has 1 unspecified atom stereocenters. The van der Waals surface area contributed by atoms with Crippen LogP contribution in [-0.2, 0) is 0 Å². The number of aromatic hydroxyl groups is 1. The summed E-state index contributed by atoms with van der Waals surface area (Å²) in [5, 5.41) is 24.7. The molecule has 0 saturated carbocycles. The minimum Gasteiger partial charge on any atom is -0.507 e. The van der Waals surface area contributed by atoms with Crippen LogP contribution < -0.4 is 10.6 Å². The standard InChI is InChI=1S/C16H17ClN2O3/c17-9-13(20)10-18-11-5-7-12(8-6-11)19-16(22)14-3-1-2-4-15(14)21/h1-8,13,18,20-21H,9-10H2,(H,19,22). The number of phenols is 1. The lowest BCUT2D eigenvalue weighted by atomic mass is 10.2. The van der Waals surface area contributed by atoms with E-state index in [4.69, 9.17) is 11.6 Å². The number of para-hydroxylation sites is 1. The molecule has 0 aliphatic carbocycles. The highest BCUT2D eigenvalue weighted by molar-refractivity contribution is 6.18. The zero-order valence-corrected chi connectivity index (χ0v) is 12.5. The van der Waals surface area contributed by atoms with Crippen molar-refractivity contribution in [3.05, 3.63) is 54.1 Å². The van der Waals surface area contributed by atoms with E-state index in [1.54, 1.807) is 42.5 Å². The molecule has 22 heavy (non-hydrogen) atoms. The number of hydrogen-bond donors (Lipinski definition) is 4. The van der Waals surface area contributed by atoms with Crippen LogP contribution in [0.2, 0.25) is 0 Å². The van der Waals surface area contributed by atoms with E-state index in [9.17, 15) is 15.0 Å². The molecular weight excluding hydrogens is 304 g/mol. The summed E-state index contributed by atoms with van der Waals surface area (Å²) in [4.78, 5) is 12.0. The average molecular weight is 321 g/mol. The Morgan fingerprint density at radius 2 is 1.73 bits per heavy atom. The van der Waals surface area contributed by atoms with Crippen LogP contribution in [0.3, 0.4) is 0 Å². The Kier molecular flexibility index (Phi) is 5.63. The number of amides is 1. The Labute approximate surface area is 133 Å². The van der Waals surface area contributed by atoms with Crippen molar-refractivity contribution in [1.29, 1.82) is 0 Å². The second kappa shape index (κ2) is 7.68. The van der Waals surface area contributed by atoms with Crippen LogP contribution in [0, 0.1) is 0 Å². The summed E-state index contributed by atoms with van der Waals surface area (Å²) >= 11 is 5.51. The second-order valence-corrected chi connectivity index (χ2v) is 5.05. The first kappa shape index (κ1) is 16.1. The van der Waals surface area contributed by atoms with E-state index in [1.165, 1.54) is 6.07 Å². The maximum absolute atomic E-state index is 12.0. The van der Waals surface area contributed by atoms with E-state index >= 15 is 0 Å². The maximum atomic E-state index is 12.0. The van der Waals surface area contributed by atoms with Crippen molar-refractivity contribution in [2.75, 3.05) is 23.1 Å². The molecule has 116 valence electrons. The van der Waals surface area contributed by atoms with Crippen LogP contribution in [0.1, 0.15) is 10.4 Å². The molecule has 0 bridgehead atoms. The molecule has 0 aromatic heterocycles. The Morgan fingerprint density at radius 1 is 1.09 bits per heavy atom. The first-order chi connectivity index (χ1) is 10.6. The monoisotopic (exact) mass is 320 g/mol. The number of benzene rings is 2. The number of aliphatic hydroxyl groups excluding tert-OH is 1. The van der Waals surface area contributed by atoms with Crippen molar-refractivity contribution < 1.29 is 15.0 Å². The average Bonchev–Trinajstić information content (AvgIpc) is 2.54. The molecule has 6 heteroatoms. The van der Waals surface area contributed by atoms with E-state index in [2.05, 4.69) is 10.6 Å². The van der Waals surface area contributed by atoms with Gasteiger partial charge in [0.2, 0.25) is 0 Å². The van der Waals surface area contributed by atoms with Crippen LogP contribution in [0.15, 0.2) is 48.5 Å². The number of nitrogens with one attached hydrogen (secondary N) is 2. The third-order valence-electron chi connectivity index (χ3n) is 3.01. The van der Waals surface area contributed by atoms with Crippen molar-refractivity contribution in [3.63, 3.8) is 0 Å². The molecule has 0 spiro atoms. The van der Waals surface area contributed by atoms with Gasteiger partial charge in [0, 0.05) is 17.9 Å². The van der Waals surface area contributed by atoms with E-state index in [0.717, 1.165) is 5.69 Å². The van der Waals surface area contributed by atoms with Crippen molar-refractivity contribution in [3.8, 4) is 5.75 Å². The van der Waals surface area contributed by atoms with Crippen LogP contribution in [0.25, 0.3) is 0 Å². The summed E-state index contributed by atoms with van der Waals surface area (Å²) < 4.78 is 0. The highest BCUT2D eigenvalue weighted by Crippen LogP contribution is 2.19. The van der Waals surface area contributed by atoms with Gasteiger partial charge in [0.15, 0.2) is 0 Å². The molecule has 0 saturated heterocycles. The molecule has 1 atom stereocenters. The van der Waals surface area contributed by atoms with E-state index in [-0.39, 0.29) is 23.1 Å². The highest BCUT2D eigenvalue weighted by Gasteiger charge is 2.10. The van der Waals surface area contributed by atoms with Gasteiger partial charge in [0.05, 0.1) is 17.5 Å². The Bertz CT molecular complexity index is 632. The molecule has 0 aliphatic heterocycles. The van der Waals surface area contributed by atoms with Crippen molar-refractivity contribution in [1.82, 2.24) is 0 Å². The van der Waals surface area contributed by atoms with Gasteiger partial charge in [-0.15, -0.1) is 11.6 Å². The fraction of sp³-hybridized carbons (Fsp3) is 0.188. The lowest BCUT2D eigenvalue weighted by Gasteiger charge is -2.11. The number of rotatable bonds is 6. The fourth-order valence-corrected chi connectivity index (χ4v) is 1.93. The normalized spacial score (nSPS) is 11.7. The summed E-state index contributed by atoms with van der Waals surface area (Å²) in [6, 6.07) is 13.4. The van der Waals surface area contributed by atoms with E-state index < -0.39 is 6.10 Å². The van der Waals surface area contributed by atoms with Gasteiger partial charge < -0.3 is 20.8 Å². The van der Waals surface area contributed by atoms with Gasteiger partial charge in [-0.25, -0.2) is 0 Å². The molecule has 4 N–H and O–H groups in total. The number of halogens is 1. The third-order valence-corrected chi connectivity index (χ3v) is 3.37. The van der Waals surface area contributed by atoms with Gasteiger partial charge in [-0.1, -0.05) is 12.1 Å². The predicted molar refractivity (Wildman–Crippen MR) is 87.7 cm³/mol. The molecule has 2 aromatic rings. The van der Waals surface area contributed by atoms with Gasteiger partial charge in [-0.3, -0.25) is 4.79 Å². The predicted octanol–water partition coefficient (Wildman–Crippen LogP) is 2.66. The SMILES string of the molecule is O=C(Nc1ccc(NCC(O)CCl)cc1)c1ccccc1O. The number of carbonyl (C=O) groups is 1. The Morgan fingerprint density at radius 3 is 2.36 bits per heavy atom. The first-order valence-electron chi connectivity index (χ1n) is 6.77. The van der Waals surface area contributed by atoms with Crippen LogP contribution >= 0.6 is 11.6 Å². The van der Waals surface area contributed by atoms with Gasteiger partial charge in [-0.05, 0) is 36.4 Å². The third kappa shape index (κ3) is 4.38. The zero-order valence-electron chi connectivity index (χ0n) is 11.8. The first-order valence-corrected chi connectivity index (χ1v) is 7.31. The second-order valence-electron chi connectivity index (χ2n) is 4.74. The summed E-state index contributed by atoms with van der Waals surface area (Å²) in [5.41, 5.74) is 1.64. The molecule has 0 fully saturated rings. The van der Waals surface area contributed by atoms with Gasteiger partial charge >= 0.3 is 0 Å². The smallest absolute Gasteiger partial charge is 0.259 e. The topological polar surface area (TPSA) is 81.6 Å². The number of alkyl halides is 1. The minimum atomic E-state index is -0.609. The number of anilines is 2. The van der Waals surface area contributed by atoms with E-state index in [0.29, 0.717) is 12.2 Å². The largest absolute Gasteiger partial charge is 0.507 e. The summed E-state index contributed by atoms with van der Waals surface area (Å²) in [5.74, 6) is -0.272. The van der Waals surface area contributed by atoms with Crippen LogP contribution in [0.5, 0.6) is 5.75 Å². The Hall–Kier alpha value is -2.24. The van der Waals surface area contributed by atoms with Crippen molar-refractivity contribution in [2.45, 2.75) is 6.10 Å². The maximum Gasteiger partial charge on any atom is 0.259 e. The molecular formula is C16H17ClN2O3. The Balaban J connectivity index is 1.96. The molecule has 2 rings (SSSR count). The lowest BCUT2D eigenvalue weighted by Crippen LogP contribution is -2.20. The fourth-order valence-electron chi connectivity index (χ4n) is 1.83. The number of aliphatic hydroxyl groups is 1. The molecule has 0 aliphatic rings. The van der Waals surface area contributed by atoms with Gasteiger partial charge in [-0.2, -0.15) is 0 Å². The van der Waals surface area contributed by atoms with Crippen molar-refractivity contribution >= 4 is 28.9 Å². The lowest BCUT2D eigenvalue weighted by molar-refractivity contribution is 0.102. The zero-order chi connectivity index (χ0) is 15.9. The number of carbonyl (C=O) groups excluding carboxylic acids is 1. The molecule has 1 amide bonds. The van der Waals surface area contributed by atoms with E-state index in [1.807, 2.05) is 0 Å². The number of phenolic OH excluding ortho intramolecular Hbond substituents is 1. The minimum absolute atomic E-state index is 0.0617. The van der Waals surface area contributed by atoms with Crippen LogP contribution in [0.4, 0.5) is 11.4 Å². The van der Waals surface area contributed by atoms with Crippen LogP contribution in [-0.4, -0.2) is 34.6 Å². The van der Waals surface area contributed by atoms with Crippen molar-refractivity contribution in [2.24, 2.45) is 0 Å². The molecule has 5 nitrogen and oxygen atoms in total. The molecule has 2 aromatic carbocycles. The number of hydrogen-bond acceptors (Lipinski definition) is 4. The highest BCUT2D eigenvalue weighted by atomic mass is 35.5. The van der Waals surface area contributed by atoms with Gasteiger partial charge in [0.25, 0.3) is 5.91 Å². The van der Waals surface area contributed by atoms with Gasteiger partial charge in [0.1, 0.15) is 5.75 Å².